The summed E-state index contributed by atoms with van der Waals surface area (Å²) in [5, 5.41) is 0. The van der Waals surface area contributed by atoms with Gasteiger partial charge in [-0.3, -0.25) is 9.88 Å². The Morgan fingerprint density at radius 1 is 1.08 bits per heavy atom. The maximum absolute atomic E-state index is 4.28. The fraction of sp³-hybridized carbons (Fsp3) is 0.750. The molecule has 1 aromatic rings. The zero-order valence-electron chi connectivity index (χ0n) is 15.1. The molecule has 0 bridgehead atoms. The molecule has 3 fully saturated rings. The Labute approximate surface area is 146 Å². The Morgan fingerprint density at radius 2 is 1.96 bits per heavy atom. The van der Waals surface area contributed by atoms with Gasteiger partial charge in [-0.2, -0.15) is 0 Å². The van der Waals surface area contributed by atoms with Gasteiger partial charge in [0, 0.05) is 64.8 Å². The van der Waals surface area contributed by atoms with Gasteiger partial charge in [0.1, 0.15) is 0 Å². The summed E-state index contributed by atoms with van der Waals surface area (Å²) in [4.78, 5) is 12.2. The number of nitrogens with zero attached hydrogens (tertiary/aromatic N) is 4. The predicted molar refractivity (Wildman–Crippen MR) is 97.8 cm³/mol. The van der Waals surface area contributed by atoms with E-state index < -0.39 is 0 Å². The van der Waals surface area contributed by atoms with E-state index in [2.05, 4.69) is 38.9 Å². The maximum Gasteiger partial charge on any atom is 0.0312 e. The highest BCUT2D eigenvalue weighted by molar-refractivity contribution is 5.09. The van der Waals surface area contributed by atoms with Gasteiger partial charge in [0.15, 0.2) is 0 Å². The number of likely N-dealkylation sites (tertiary alicyclic amines) is 1. The van der Waals surface area contributed by atoms with Gasteiger partial charge in [-0.25, -0.2) is 0 Å². The molecule has 1 saturated carbocycles. The molecule has 1 aromatic heterocycles. The largest absolute Gasteiger partial charge is 0.304 e. The topological polar surface area (TPSA) is 22.6 Å². The molecule has 4 rings (SSSR count). The van der Waals surface area contributed by atoms with Crippen LogP contribution in [0.15, 0.2) is 24.5 Å². The van der Waals surface area contributed by atoms with E-state index in [1.807, 2.05) is 12.4 Å². The first-order valence-corrected chi connectivity index (χ1v) is 9.80. The highest BCUT2D eigenvalue weighted by Crippen LogP contribution is 2.41. The molecule has 0 aromatic carbocycles. The third-order valence-electron chi connectivity index (χ3n) is 6.54. The second kappa shape index (κ2) is 7.51. The van der Waals surface area contributed by atoms with Crippen LogP contribution in [0, 0.1) is 17.8 Å². The van der Waals surface area contributed by atoms with Crippen molar-refractivity contribution in [2.75, 3.05) is 52.9 Å². The van der Waals surface area contributed by atoms with Gasteiger partial charge in [0.25, 0.3) is 0 Å². The summed E-state index contributed by atoms with van der Waals surface area (Å²) >= 11 is 0. The number of piperazine rings is 1. The van der Waals surface area contributed by atoms with Crippen LogP contribution in [-0.4, -0.2) is 72.5 Å². The SMILES string of the molecule is CN1CCN(C[C@@H]2CCC[C@@H]3CN(Cc4cccnc4)C[C@@H]32)CC1. The standard InChI is InChI=1S/C20H32N4/c1-22-8-10-23(11-9-22)14-18-5-2-6-19-15-24(16-20(18)19)13-17-4-3-7-21-12-17/h3-4,7,12,18-20H,2,5-6,8-11,13-16H2,1H3/t18-,19+,20+/m0/s1. The van der Waals surface area contributed by atoms with Crippen molar-refractivity contribution in [3.8, 4) is 0 Å². The van der Waals surface area contributed by atoms with Crippen LogP contribution < -0.4 is 0 Å². The number of aromatic nitrogens is 1. The number of hydrogen-bond acceptors (Lipinski definition) is 4. The lowest BCUT2D eigenvalue weighted by molar-refractivity contribution is 0.0937. The molecule has 4 nitrogen and oxygen atoms in total. The van der Waals surface area contributed by atoms with Crippen LogP contribution >= 0.6 is 0 Å². The van der Waals surface area contributed by atoms with Crippen LogP contribution in [0.1, 0.15) is 24.8 Å². The summed E-state index contributed by atoms with van der Waals surface area (Å²) in [6.45, 7) is 10.1. The molecule has 2 saturated heterocycles. The lowest BCUT2D eigenvalue weighted by Crippen LogP contribution is -2.47. The Bertz CT molecular complexity index is 512. The smallest absolute Gasteiger partial charge is 0.0312 e. The van der Waals surface area contributed by atoms with Crippen LogP contribution in [-0.2, 0) is 6.54 Å². The normalized spacial score (nSPS) is 32.8. The average Bonchev–Trinajstić information content (AvgIpc) is 3.01. The molecule has 3 heterocycles. The second-order valence-corrected chi connectivity index (χ2v) is 8.27. The Morgan fingerprint density at radius 3 is 2.75 bits per heavy atom. The third-order valence-corrected chi connectivity index (χ3v) is 6.54. The van der Waals surface area contributed by atoms with Crippen molar-refractivity contribution in [1.82, 2.24) is 19.7 Å². The molecule has 1 aliphatic carbocycles. The summed E-state index contributed by atoms with van der Waals surface area (Å²) in [7, 11) is 2.25. The number of rotatable bonds is 4. The van der Waals surface area contributed by atoms with E-state index >= 15 is 0 Å². The molecule has 0 unspecified atom stereocenters. The number of fused-ring (bicyclic) bond motifs is 1. The van der Waals surface area contributed by atoms with Gasteiger partial charge in [0.05, 0.1) is 0 Å². The number of pyridine rings is 1. The van der Waals surface area contributed by atoms with Gasteiger partial charge in [-0.15, -0.1) is 0 Å². The van der Waals surface area contributed by atoms with Gasteiger partial charge < -0.3 is 9.80 Å². The first-order valence-electron chi connectivity index (χ1n) is 9.80. The molecule has 2 aliphatic heterocycles. The zero-order chi connectivity index (χ0) is 16.4. The highest BCUT2D eigenvalue weighted by atomic mass is 15.2. The summed E-state index contributed by atoms with van der Waals surface area (Å²) in [5.41, 5.74) is 1.37. The molecular weight excluding hydrogens is 296 g/mol. The van der Waals surface area contributed by atoms with Crippen molar-refractivity contribution >= 4 is 0 Å². The Hall–Kier alpha value is -0.970. The summed E-state index contributed by atoms with van der Waals surface area (Å²) < 4.78 is 0. The van der Waals surface area contributed by atoms with E-state index in [-0.39, 0.29) is 0 Å². The molecule has 3 atom stereocenters. The van der Waals surface area contributed by atoms with Crippen molar-refractivity contribution in [2.24, 2.45) is 17.8 Å². The first-order chi connectivity index (χ1) is 11.8. The molecule has 0 spiro atoms. The monoisotopic (exact) mass is 328 g/mol. The molecule has 24 heavy (non-hydrogen) atoms. The zero-order valence-corrected chi connectivity index (χ0v) is 15.1. The van der Waals surface area contributed by atoms with Crippen molar-refractivity contribution in [3.05, 3.63) is 30.1 Å². The lowest BCUT2D eigenvalue weighted by Gasteiger charge is -2.39. The minimum absolute atomic E-state index is 0.922. The van der Waals surface area contributed by atoms with Gasteiger partial charge in [-0.05, 0) is 49.3 Å². The van der Waals surface area contributed by atoms with Crippen molar-refractivity contribution in [1.29, 1.82) is 0 Å². The van der Waals surface area contributed by atoms with E-state index in [1.54, 1.807) is 0 Å². The van der Waals surface area contributed by atoms with Crippen LogP contribution in [0.25, 0.3) is 0 Å². The van der Waals surface area contributed by atoms with Crippen LogP contribution in [0.5, 0.6) is 0 Å². The van der Waals surface area contributed by atoms with Crippen molar-refractivity contribution < 1.29 is 0 Å². The molecule has 132 valence electrons. The number of hydrogen-bond donors (Lipinski definition) is 0. The van der Waals surface area contributed by atoms with Crippen LogP contribution in [0.2, 0.25) is 0 Å². The number of likely N-dealkylation sites (N-methyl/N-ethyl adjacent to an activating group) is 1. The first kappa shape index (κ1) is 16.5. The van der Waals surface area contributed by atoms with Gasteiger partial charge >= 0.3 is 0 Å². The Balaban J connectivity index is 1.34. The fourth-order valence-electron chi connectivity index (χ4n) is 5.15. The minimum Gasteiger partial charge on any atom is -0.304 e. The lowest BCUT2D eigenvalue weighted by atomic mass is 9.73. The van der Waals surface area contributed by atoms with Crippen LogP contribution in [0.3, 0.4) is 0 Å². The van der Waals surface area contributed by atoms with E-state index in [4.69, 9.17) is 0 Å². The molecule has 0 N–H and O–H groups in total. The summed E-state index contributed by atoms with van der Waals surface area (Å²) in [6, 6.07) is 4.28. The predicted octanol–water partition coefficient (Wildman–Crippen LogP) is 2.18. The fourth-order valence-corrected chi connectivity index (χ4v) is 5.15. The quantitative estimate of drug-likeness (QED) is 0.845. The minimum atomic E-state index is 0.922. The summed E-state index contributed by atoms with van der Waals surface area (Å²) in [5.74, 6) is 2.79. The molecular formula is C20H32N4. The second-order valence-electron chi connectivity index (χ2n) is 8.27. The summed E-state index contributed by atoms with van der Waals surface area (Å²) in [6.07, 6.45) is 8.25. The molecule has 0 radical (unpaired) electrons. The third kappa shape index (κ3) is 3.81. The average molecular weight is 329 g/mol. The van der Waals surface area contributed by atoms with E-state index in [9.17, 15) is 0 Å². The Kier molecular flexibility index (Phi) is 5.16. The highest BCUT2D eigenvalue weighted by Gasteiger charge is 2.40. The van der Waals surface area contributed by atoms with Gasteiger partial charge in [0.2, 0.25) is 0 Å². The molecule has 4 heteroatoms. The van der Waals surface area contributed by atoms with E-state index in [0.717, 1.165) is 24.3 Å². The van der Waals surface area contributed by atoms with Crippen molar-refractivity contribution in [3.63, 3.8) is 0 Å². The van der Waals surface area contributed by atoms with Gasteiger partial charge in [-0.1, -0.05) is 12.5 Å². The molecule has 0 amide bonds. The molecule has 3 aliphatic rings. The van der Waals surface area contributed by atoms with Crippen LogP contribution in [0.4, 0.5) is 0 Å². The van der Waals surface area contributed by atoms with E-state index in [0.29, 0.717) is 0 Å². The van der Waals surface area contributed by atoms with E-state index in [1.165, 1.54) is 70.6 Å². The maximum atomic E-state index is 4.28. The van der Waals surface area contributed by atoms with Crippen molar-refractivity contribution in [2.45, 2.75) is 25.8 Å².